The summed E-state index contributed by atoms with van der Waals surface area (Å²) >= 11 is 0. The van der Waals surface area contributed by atoms with Crippen LogP contribution in [0.15, 0.2) is 57.9 Å². The van der Waals surface area contributed by atoms with Crippen molar-refractivity contribution in [3.05, 3.63) is 70.2 Å². The van der Waals surface area contributed by atoms with Crippen LogP contribution in [0.4, 0.5) is 5.82 Å². The summed E-state index contributed by atoms with van der Waals surface area (Å²) in [6.07, 6.45) is 2.81. The van der Waals surface area contributed by atoms with E-state index in [2.05, 4.69) is 33.8 Å². The summed E-state index contributed by atoms with van der Waals surface area (Å²) in [6.45, 7) is 6.69. The maximum absolute atomic E-state index is 11.9. The van der Waals surface area contributed by atoms with Gasteiger partial charge in [0.05, 0.1) is 0 Å². The highest BCUT2D eigenvalue weighted by Crippen LogP contribution is 2.22. The van der Waals surface area contributed by atoms with Gasteiger partial charge in [-0.1, -0.05) is 19.1 Å². The van der Waals surface area contributed by atoms with Gasteiger partial charge in [-0.05, 0) is 41.8 Å². The Morgan fingerprint density at radius 3 is 2.65 bits per heavy atom. The van der Waals surface area contributed by atoms with Crippen molar-refractivity contribution >= 4 is 16.8 Å². The highest BCUT2D eigenvalue weighted by molar-refractivity contribution is 5.80. The summed E-state index contributed by atoms with van der Waals surface area (Å²) in [5.41, 5.74) is 2.71. The molecule has 134 valence electrons. The van der Waals surface area contributed by atoms with Crippen molar-refractivity contribution in [2.24, 2.45) is 0 Å². The van der Waals surface area contributed by atoms with Crippen LogP contribution in [0.1, 0.15) is 18.1 Å². The number of hydrogen-bond donors (Lipinski definition) is 0. The number of anilines is 1. The van der Waals surface area contributed by atoms with E-state index in [-0.39, 0.29) is 5.63 Å². The Kier molecular flexibility index (Phi) is 4.71. The number of benzene rings is 1. The molecule has 2 aromatic heterocycles. The minimum atomic E-state index is -0.274. The van der Waals surface area contributed by atoms with Crippen LogP contribution in [0, 0.1) is 0 Å². The van der Waals surface area contributed by atoms with Crippen LogP contribution < -0.4 is 10.5 Å². The molecule has 0 N–H and O–H groups in total. The average molecular weight is 349 g/mol. The number of pyridine rings is 1. The Balaban J connectivity index is 1.52. The number of nitrogens with zero attached hydrogens (tertiary/aromatic N) is 3. The van der Waals surface area contributed by atoms with E-state index in [9.17, 15) is 4.79 Å². The van der Waals surface area contributed by atoms with Gasteiger partial charge in [-0.15, -0.1) is 0 Å². The number of piperazine rings is 1. The number of fused-ring (bicyclic) bond motifs is 1. The maximum Gasteiger partial charge on any atom is 0.336 e. The number of aryl methyl sites for hydroxylation is 1. The molecule has 4 rings (SSSR count). The molecule has 0 unspecified atom stereocenters. The van der Waals surface area contributed by atoms with E-state index in [4.69, 9.17) is 4.42 Å². The first kappa shape index (κ1) is 16.8. The van der Waals surface area contributed by atoms with Gasteiger partial charge < -0.3 is 9.32 Å². The van der Waals surface area contributed by atoms with Crippen LogP contribution in [-0.4, -0.2) is 36.1 Å². The van der Waals surface area contributed by atoms with Gasteiger partial charge in [-0.25, -0.2) is 9.78 Å². The minimum Gasteiger partial charge on any atom is -0.423 e. The molecule has 5 nitrogen and oxygen atoms in total. The van der Waals surface area contributed by atoms with Crippen molar-refractivity contribution in [1.82, 2.24) is 9.88 Å². The average Bonchev–Trinajstić information content (AvgIpc) is 2.69. The second-order valence-corrected chi connectivity index (χ2v) is 6.73. The van der Waals surface area contributed by atoms with Gasteiger partial charge in [0.1, 0.15) is 11.4 Å². The summed E-state index contributed by atoms with van der Waals surface area (Å²) in [6, 6.07) is 13.8. The van der Waals surface area contributed by atoms with Crippen LogP contribution in [0.25, 0.3) is 11.0 Å². The minimum absolute atomic E-state index is 0.274. The third-order valence-corrected chi connectivity index (χ3v) is 5.04. The molecule has 1 saturated heterocycles. The van der Waals surface area contributed by atoms with Crippen molar-refractivity contribution in [3.63, 3.8) is 0 Å². The molecule has 1 fully saturated rings. The molecule has 1 aliphatic rings. The summed E-state index contributed by atoms with van der Waals surface area (Å²) in [5, 5.41) is 1.05. The van der Waals surface area contributed by atoms with Gasteiger partial charge in [-0.3, -0.25) is 4.90 Å². The predicted octanol–water partition coefficient (Wildman–Crippen LogP) is 3.07. The molecular formula is C21H23N3O2. The molecule has 0 amide bonds. The Hall–Kier alpha value is -2.66. The normalized spacial score (nSPS) is 15.5. The summed E-state index contributed by atoms with van der Waals surface area (Å²) in [5.74, 6) is 1.03. The highest BCUT2D eigenvalue weighted by atomic mass is 16.4. The molecule has 0 atom stereocenters. The summed E-state index contributed by atoms with van der Waals surface area (Å²) < 4.78 is 5.38. The molecule has 0 spiro atoms. The van der Waals surface area contributed by atoms with Crippen LogP contribution in [-0.2, 0) is 13.0 Å². The van der Waals surface area contributed by atoms with Crippen LogP contribution in [0.3, 0.4) is 0 Å². The lowest BCUT2D eigenvalue weighted by atomic mass is 10.0. The van der Waals surface area contributed by atoms with E-state index in [1.165, 1.54) is 5.56 Å². The van der Waals surface area contributed by atoms with Crippen molar-refractivity contribution in [1.29, 1.82) is 0 Å². The molecule has 0 radical (unpaired) electrons. The monoisotopic (exact) mass is 349 g/mol. The second-order valence-electron chi connectivity index (χ2n) is 6.73. The van der Waals surface area contributed by atoms with Crippen LogP contribution >= 0.6 is 0 Å². The standard InChI is InChI=1S/C21H23N3O2/c1-2-16-6-7-19-18(13-16)17(14-21(25)26-19)15-23-9-11-24(12-10-23)20-5-3-4-8-22-20/h3-8,13-14H,2,9-12,15H2,1H3. The quantitative estimate of drug-likeness (QED) is 0.678. The van der Waals surface area contributed by atoms with Crippen LogP contribution in [0.5, 0.6) is 0 Å². The Labute approximate surface area is 152 Å². The molecule has 5 heteroatoms. The Morgan fingerprint density at radius 1 is 1.08 bits per heavy atom. The third-order valence-electron chi connectivity index (χ3n) is 5.04. The molecule has 1 aliphatic heterocycles. The van der Waals surface area contributed by atoms with E-state index in [0.717, 1.165) is 55.9 Å². The van der Waals surface area contributed by atoms with Gasteiger partial charge in [0, 0.05) is 50.4 Å². The SMILES string of the molecule is CCc1ccc2oc(=O)cc(CN3CCN(c4ccccn4)CC3)c2c1. The van der Waals surface area contributed by atoms with Gasteiger partial charge >= 0.3 is 5.63 Å². The number of aromatic nitrogens is 1. The van der Waals surface area contributed by atoms with E-state index >= 15 is 0 Å². The number of hydrogen-bond acceptors (Lipinski definition) is 5. The first-order valence-electron chi connectivity index (χ1n) is 9.17. The smallest absolute Gasteiger partial charge is 0.336 e. The molecule has 0 bridgehead atoms. The van der Waals surface area contributed by atoms with Gasteiger partial charge in [0.25, 0.3) is 0 Å². The molecule has 0 saturated carbocycles. The Bertz CT molecular complexity index is 944. The third kappa shape index (κ3) is 3.48. The molecule has 26 heavy (non-hydrogen) atoms. The molecular weight excluding hydrogens is 326 g/mol. The van der Waals surface area contributed by atoms with Gasteiger partial charge in [-0.2, -0.15) is 0 Å². The summed E-state index contributed by atoms with van der Waals surface area (Å²) in [4.78, 5) is 21.1. The lowest BCUT2D eigenvalue weighted by molar-refractivity contribution is 0.249. The zero-order valence-corrected chi connectivity index (χ0v) is 15.0. The zero-order chi connectivity index (χ0) is 17.9. The van der Waals surface area contributed by atoms with E-state index in [1.54, 1.807) is 6.07 Å². The maximum atomic E-state index is 11.9. The highest BCUT2D eigenvalue weighted by Gasteiger charge is 2.19. The Morgan fingerprint density at radius 2 is 1.92 bits per heavy atom. The lowest BCUT2D eigenvalue weighted by Gasteiger charge is -2.35. The fourth-order valence-electron chi connectivity index (χ4n) is 3.54. The van der Waals surface area contributed by atoms with Crippen molar-refractivity contribution in [3.8, 4) is 0 Å². The van der Waals surface area contributed by atoms with Gasteiger partial charge in [0.2, 0.25) is 0 Å². The molecule has 3 heterocycles. The predicted molar refractivity (Wildman–Crippen MR) is 104 cm³/mol. The molecule has 0 aliphatic carbocycles. The first-order chi connectivity index (χ1) is 12.7. The number of rotatable bonds is 4. The van der Waals surface area contributed by atoms with Crippen LogP contribution in [0.2, 0.25) is 0 Å². The zero-order valence-electron chi connectivity index (χ0n) is 15.0. The summed E-state index contributed by atoms with van der Waals surface area (Å²) in [7, 11) is 0. The van der Waals surface area contributed by atoms with E-state index in [1.807, 2.05) is 30.5 Å². The van der Waals surface area contributed by atoms with Crippen molar-refractivity contribution < 1.29 is 4.42 Å². The van der Waals surface area contributed by atoms with E-state index in [0.29, 0.717) is 5.58 Å². The van der Waals surface area contributed by atoms with E-state index < -0.39 is 0 Å². The van der Waals surface area contributed by atoms with Gasteiger partial charge in [0.15, 0.2) is 0 Å². The topological polar surface area (TPSA) is 49.6 Å². The fraction of sp³-hybridized carbons (Fsp3) is 0.333. The van der Waals surface area contributed by atoms with Crippen molar-refractivity contribution in [2.45, 2.75) is 19.9 Å². The largest absolute Gasteiger partial charge is 0.423 e. The second kappa shape index (κ2) is 7.30. The lowest BCUT2D eigenvalue weighted by Crippen LogP contribution is -2.46. The molecule has 3 aromatic rings. The van der Waals surface area contributed by atoms with Crippen molar-refractivity contribution in [2.75, 3.05) is 31.1 Å². The molecule has 1 aromatic carbocycles. The fourth-order valence-corrected chi connectivity index (χ4v) is 3.54. The first-order valence-corrected chi connectivity index (χ1v) is 9.17.